The molecule has 0 aromatic heterocycles. The molecule has 7 nitrogen and oxygen atoms in total. The van der Waals surface area contributed by atoms with Crippen molar-refractivity contribution in [2.24, 2.45) is 0 Å². The fraction of sp³-hybridized carbons (Fsp3) is 0.368. The molecule has 1 N–H and O–H groups in total. The van der Waals surface area contributed by atoms with Gasteiger partial charge >= 0.3 is 0 Å². The van der Waals surface area contributed by atoms with E-state index >= 15 is 0 Å². The van der Waals surface area contributed by atoms with Crippen LogP contribution in [0.15, 0.2) is 47.4 Å². The van der Waals surface area contributed by atoms with Crippen molar-refractivity contribution in [3.05, 3.63) is 69.5 Å². The fourth-order valence-corrected chi connectivity index (χ4v) is 5.24. The molecule has 150 valence electrons. The smallest absolute Gasteiger partial charge is 0.270 e. The zero-order valence-electron chi connectivity index (χ0n) is 15.8. The zero-order chi connectivity index (χ0) is 20.5. The lowest BCUT2D eigenvalue weighted by molar-refractivity contribution is -0.933. The first-order chi connectivity index (χ1) is 13.2. The molecule has 0 radical (unpaired) electrons. The Balaban J connectivity index is 1.74. The number of nitro groups is 1. The van der Waals surface area contributed by atoms with Gasteiger partial charge in [-0.05, 0) is 31.5 Å². The van der Waals surface area contributed by atoms with E-state index in [4.69, 9.17) is 0 Å². The van der Waals surface area contributed by atoms with Crippen LogP contribution in [0.3, 0.4) is 0 Å². The predicted octanol–water partition coefficient (Wildman–Crippen LogP) is 1.69. The molecule has 1 atom stereocenters. The molecule has 9 heteroatoms. The maximum Gasteiger partial charge on any atom is 0.270 e. The van der Waals surface area contributed by atoms with Gasteiger partial charge < -0.3 is 4.90 Å². The van der Waals surface area contributed by atoms with E-state index in [9.17, 15) is 22.9 Å². The average molecular weight is 408 g/mol. The Morgan fingerprint density at radius 3 is 2.32 bits per heavy atom. The molecule has 1 saturated heterocycles. The average Bonchev–Trinajstić information content (AvgIpc) is 2.68. The van der Waals surface area contributed by atoms with Crippen molar-refractivity contribution in [3.63, 3.8) is 0 Å². The van der Waals surface area contributed by atoms with Gasteiger partial charge in [0.1, 0.15) is 11.9 Å². The van der Waals surface area contributed by atoms with E-state index in [1.54, 1.807) is 19.1 Å². The molecule has 1 aliphatic rings. The largest absolute Gasteiger partial charge is 0.327 e. The van der Waals surface area contributed by atoms with Crippen LogP contribution in [0.4, 0.5) is 10.1 Å². The summed E-state index contributed by atoms with van der Waals surface area (Å²) in [5.74, 6) is -0.283. The van der Waals surface area contributed by atoms with E-state index in [1.165, 1.54) is 33.5 Å². The van der Waals surface area contributed by atoms with E-state index in [0.717, 1.165) is 11.6 Å². The van der Waals surface area contributed by atoms with Crippen molar-refractivity contribution in [3.8, 4) is 0 Å². The first kappa shape index (κ1) is 20.4. The standard InChI is InChI=1S/C19H22FN3O4S/c1-14-3-8-18(23(24)25)13-19(14)28(26,27)22-11-9-21(10-12-22)15(2)16-4-6-17(20)7-5-16/h3-8,13,15H,9-12H2,1-2H3/p+1/t15-/m0/s1. The molecule has 0 aliphatic carbocycles. The van der Waals surface area contributed by atoms with E-state index in [1.807, 2.05) is 6.92 Å². The highest BCUT2D eigenvalue weighted by atomic mass is 32.2. The van der Waals surface area contributed by atoms with Crippen LogP contribution in [0, 0.1) is 22.9 Å². The maximum absolute atomic E-state index is 13.1. The molecular formula is C19H23FN3O4S+. The second-order valence-corrected chi connectivity index (χ2v) is 8.95. The maximum atomic E-state index is 13.1. The Morgan fingerprint density at radius 2 is 1.75 bits per heavy atom. The monoisotopic (exact) mass is 408 g/mol. The third-order valence-electron chi connectivity index (χ3n) is 5.35. The fourth-order valence-electron chi connectivity index (χ4n) is 3.55. The summed E-state index contributed by atoms with van der Waals surface area (Å²) in [6.45, 7) is 5.53. The minimum atomic E-state index is -3.80. The lowest BCUT2D eigenvalue weighted by Crippen LogP contribution is -3.14. The van der Waals surface area contributed by atoms with E-state index in [0.29, 0.717) is 31.7 Å². The first-order valence-corrected chi connectivity index (χ1v) is 10.5. The van der Waals surface area contributed by atoms with Gasteiger partial charge in [-0.3, -0.25) is 10.1 Å². The molecule has 0 spiro atoms. The van der Waals surface area contributed by atoms with Crippen molar-refractivity contribution < 1.29 is 22.6 Å². The number of hydrogen-bond donors (Lipinski definition) is 1. The van der Waals surface area contributed by atoms with Gasteiger partial charge in [-0.15, -0.1) is 0 Å². The van der Waals surface area contributed by atoms with Crippen molar-refractivity contribution >= 4 is 15.7 Å². The second kappa shape index (κ2) is 7.94. The Labute approximate surface area is 163 Å². The molecule has 3 rings (SSSR count). The number of non-ortho nitro benzene ring substituents is 1. The first-order valence-electron chi connectivity index (χ1n) is 9.05. The third kappa shape index (κ3) is 4.06. The van der Waals surface area contributed by atoms with Crippen LogP contribution in [0.5, 0.6) is 0 Å². The normalized spacial score (nSPS) is 17.4. The second-order valence-electron chi connectivity index (χ2n) is 7.04. The molecule has 2 aromatic rings. The minimum Gasteiger partial charge on any atom is -0.327 e. The van der Waals surface area contributed by atoms with Gasteiger partial charge in [0.05, 0.1) is 36.0 Å². The topological polar surface area (TPSA) is 85.0 Å². The van der Waals surface area contributed by atoms with Crippen LogP contribution < -0.4 is 4.90 Å². The van der Waals surface area contributed by atoms with Gasteiger partial charge in [-0.25, -0.2) is 12.8 Å². The Hall–Kier alpha value is -2.36. The molecular weight excluding hydrogens is 385 g/mol. The molecule has 1 aliphatic heterocycles. The summed E-state index contributed by atoms with van der Waals surface area (Å²) in [7, 11) is -3.80. The molecule has 28 heavy (non-hydrogen) atoms. The summed E-state index contributed by atoms with van der Waals surface area (Å²) in [5.41, 5.74) is 1.25. The number of nitrogens with one attached hydrogen (secondary N) is 1. The predicted molar refractivity (Wildman–Crippen MR) is 102 cm³/mol. The molecule has 0 amide bonds. The van der Waals surface area contributed by atoms with Crippen molar-refractivity contribution in [1.29, 1.82) is 0 Å². The molecule has 0 bridgehead atoms. The van der Waals surface area contributed by atoms with Gasteiger partial charge in [0.2, 0.25) is 10.0 Å². The summed E-state index contributed by atoms with van der Waals surface area (Å²) in [4.78, 5) is 11.6. The summed E-state index contributed by atoms with van der Waals surface area (Å²) in [6.07, 6.45) is 0. The molecule has 1 heterocycles. The van der Waals surface area contributed by atoms with Gasteiger partial charge in [0.15, 0.2) is 0 Å². The van der Waals surface area contributed by atoms with Gasteiger partial charge in [-0.2, -0.15) is 4.31 Å². The Kier molecular flexibility index (Phi) is 5.78. The zero-order valence-corrected chi connectivity index (χ0v) is 16.6. The van der Waals surface area contributed by atoms with Crippen LogP contribution in [-0.4, -0.2) is 43.8 Å². The number of nitrogens with zero attached hydrogens (tertiary/aromatic N) is 2. The summed E-state index contributed by atoms with van der Waals surface area (Å²) < 4.78 is 40.6. The number of aryl methyl sites for hydroxylation is 1. The molecule has 0 unspecified atom stereocenters. The Bertz CT molecular complexity index is 971. The summed E-state index contributed by atoms with van der Waals surface area (Å²) in [5, 5.41) is 11.0. The van der Waals surface area contributed by atoms with E-state index < -0.39 is 14.9 Å². The number of rotatable bonds is 5. The highest BCUT2D eigenvalue weighted by Crippen LogP contribution is 2.25. The summed E-state index contributed by atoms with van der Waals surface area (Å²) >= 11 is 0. The number of benzene rings is 2. The van der Waals surface area contributed by atoms with Crippen LogP contribution >= 0.6 is 0 Å². The SMILES string of the molecule is Cc1ccc([N+](=O)[O-])cc1S(=O)(=O)N1CC[NH+]([C@@H](C)c2ccc(F)cc2)CC1. The Morgan fingerprint density at radius 1 is 1.14 bits per heavy atom. The highest BCUT2D eigenvalue weighted by Gasteiger charge is 2.34. The van der Waals surface area contributed by atoms with Gasteiger partial charge in [0, 0.05) is 17.7 Å². The van der Waals surface area contributed by atoms with Crippen LogP contribution in [0.2, 0.25) is 0 Å². The number of nitro benzene ring substituents is 1. The number of halogens is 1. The number of piperazine rings is 1. The van der Waals surface area contributed by atoms with Gasteiger partial charge in [-0.1, -0.05) is 18.2 Å². The number of hydrogen-bond acceptors (Lipinski definition) is 4. The minimum absolute atomic E-state index is 0.0169. The lowest BCUT2D eigenvalue weighted by atomic mass is 10.1. The molecule has 1 fully saturated rings. The number of sulfonamides is 1. The van der Waals surface area contributed by atoms with E-state index in [-0.39, 0.29) is 22.4 Å². The quantitative estimate of drug-likeness (QED) is 0.603. The van der Waals surface area contributed by atoms with Crippen molar-refractivity contribution in [1.82, 2.24) is 4.31 Å². The van der Waals surface area contributed by atoms with Gasteiger partial charge in [0.25, 0.3) is 5.69 Å². The van der Waals surface area contributed by atoms with Crippen LogP contribution in [0.25, 0.3) is 0 Å². The third-order valence-corrected chi connectivity index (χ3v) is 7.39. The van der Waals surface area contributed by atoms with E-state index in [2.05, 4.69) is 0 Å². The number of quaternary nitrogens is 1. The summed E-state index contributed by atoms with van der Waals surface area (Å²) in [6, 6.07) is 10.4. The van der Waals surface area contributed by atoms with Crippen LogP contribution in [-0.2, 0) is 10.0 Å². The van der Waals surface area contributed by atoms with Crippen LogP contribution in [0.1, 0.15) is 24.1 Å². The molecule has 0 saturated carbocycles. The molecule has 2 aromatic carbocycles. The van der Waals surface area contributed by atoms with Crippen molar-refractivity contribution in [2.75, 3.05) is 26.2 Å². The highest BCUT2D eigenvalue weighted by molar-refractivity contribution is 7.89. The van der Waals surface area contributed by atoms with Crippen molar-refractivity contribution in [2.45, 2.75) is 24.8 Å². The lowest BCUT2D eigenvalue weighted by Gasteiger charge is -2.35.